The quantitative estimate of drug-likeness (QED) is 0.125. The highest BCUT2D eigenvalue weighted by Gasteiger charge is 2.28. The molecule has 2 N–H and O–H groups in total. The lowest BCUT2D eigenvalue weighted by molar-refractivity contribution is -0.123. The van der Waals surface area contributed by atoms with Gasteiger partial charge in [-0.05, 0) is 85.1 Å². The molecule has 0 aliphatic heterocycles. The molecule has 0 atom stereocenters. The van der Waals surface area contributed by atoms with Gasteiger partial charge in [-0.2, -0.15) is 5.10 Å². The summed E-state index contributed by atoms with van der Waals surface area (Å²) < 4.78 is 50.2. The molecule has 0 spiro atoms. The number of sulfonamides is 1. The summed E-state index contributed by atoms with van der Waals surface area (Å²) >= 11 is 0. The molecular formula is C35H38N4O8S. The molecule has 13 heteroatoms. The van der Waals surface area contributed by atoms with Crippen molar-refractivity contribution >= 4 is 33.7 Å². The van der Waals surface area contributed by atoms with Crippen molar-refractivity contribution in [3.8, 4) is 23.0 Å². The fourth-order valence-electron chi connectivity index (χ4n) is 4.48. The van der Waals surface area contributed by atoms with Gasteiger partial charge in [-0.15, -0.1) is 0 Å². The molecule has 0 saturated carbocycles. The van der Waals surface area contributed by atoms with Crippen molar-refractivity contribution in [3.05, 3.63) is 108 Å². The first-order valence-electron chi connectivity index (χ1n) is 15.1. The summed E-state index contributed by atoms with van der Waals surface area (Å²) in [5.74, 6) is 0.709. The van der Waals surface area contributed by atoms with Crippen LogP contribution in [0.25, 0.3) is 0 Å². The number of ether oxygens (including phenoxy) is 4. The highest BCUT2D eigenvalue weighted by Crippen LogP contribution is 2.32. The van der Waals surface area contributed by atoms with E-state index in [9.17, 15) is 18.0 Å². The Bertz CT molecular complexity index is 1780. The molecule has 2 amide bonds. The molecule has 4 aromatic carbocycles. The third-order valence-corrected chi connectivity index (χ3v) is 8.67. The second kappa shape index (κ2) is 17.4. The van der Waals surface area contributed by atoms with Crippen LogP contribution in [-0.2, 0) is 26.0 Å². The molecule has 4 rings (SSSR count). The lowest BCUT2D eigenvalue weighted by Crippen LogP contribution is -2.39. The van der Waals surface area contributed by atoms with E-state index in [2.05, 4.69) is 15.8 Å². The number of rotatable bonds is 17. The van der Waals surface area contributed by atoms with Gasteiger partial charge in [0.15, 0.2) is 18.1 Å². The average molecular weight is 675 g/mol. The van der Waals surface area contributed by atoms with Gasteiger partial charge in [0.1, 0.15) is 18.0 Å². The summed E-state index contributed by atoms with van der Waals surface area (Å²) in [6, 6.07) is 27.1. The number of benzene rings is 4. The van der Waals surface area contributed by atoms with Crippen LogP contribution in [0.15, 0.2) is 107 Å². The van der Waals surface area contributed by atoms with Crippen molar-refractivity contribution in [2.24, 2.45) is 5.10 Å². The van der Waals surface area contributed by atoms with E-state index in [4.69, 9.17) is 18.9 Å². The number of nitrogens with one attached hydrogen (secondary N) is 2. The van der Waals surface area contributed by atoms with Crippen LogP contribution < -0.4 is 34.0 Å². The molecule has 252 valence electrons. The molecule has 0 saturated heterocycles. The topological polar surface area (TPSA) is 145 Å². The molecule has 0 bridgehead atoms. The number of amides is 2. The molecule has 4 aromatic rings. The van der Waals surface area contributed by atoms with Gasteiger partial charge in [0, 0.05) is 12.6 Å². The number of carbonyl (C=O) groups is 2. The molecule has 0 radical (unpaired) electrons. The number of hydrazone groups is 1. The van der Waals surface area contributed by atoms with E-state index >= 15 is 0 Å². The van der Waals surface area contributed by atoms with E-state index in [1.54, 1.807) is 48.5 Å². The van der Waals surface area contributed by atoms with Crippen LogP contribution in [0, 0.1) is 0 Å². The zero-order valence-corrected chi connectivity index (χ0v) is 27.7. The van der Waals surface area contributed by atoms with Gasteiger partial charge in [0.2, 0.25) is 0 Å². The van der Waals surface area contributed by atoms with Crippen LogP contribution >= 0.6 is 0 Å². The van der Waals surface area contributed by atoms with E-state index < -0.39 is 22.5 Å². The van der Waals surface area contributed by atoms with E-state index in [-0.39, 0.29) is 28.8 Å². The minimum Gasteiger partial charge on any atom is -0.494 e. The van der Waals surface area contributed by atoms with E-state index in [1.807, 2.05) is 37.3 Å². The first-order valence-corrected chi connectivity index (χ1v) is 16.5. The highest BCUT2D eigenvalue weighted by atomic mass is 32.2. The second-order valence-corrected chi connectivity index (χ2v) is 12.1. The number of carbonyl (C=O) groups excluding carboxylic acids is 2. The maximum atomic E-state index is 13.8. The van der Waals surface area contributed by atoms with E-state index in [0.717, 1.165) is 16.3 Å². The zero-order valence-electron chi connectivity index (χ0n) is 26.9. The normalized spacial score (nSPS) is 11.1. The summed E-state index contributed by atoms with van der Waals surface area (Å²) in [6.45, 7) is 2.09. The van der Waals surface area contributed by atoms with Crippen molar-refractivity contribution in [2.75, 3.05) is 44.8 Å². The smallest absolute Gasteiger partial charge is 0.264 e. The Morgan fingerprint density at radius 2 is 1.48 bits per heavy atom. The van der Waals surface area contributed by atoms with Gasteiger partial charge in [0.05, 0.1) is 37.6 Å². The van der Waals surface area contributed by atoms with Gasteiger partial charge in [-0.25, -0.2) is 13.8 Å². The van der Waals surface area contributed by atoms with Gasteiger partial charge >= 0.3 is 0 Å². The lowest BCUT2D eigenvalue weighted by atomic mass is 10.1. The van der Waals surface area contributed by atoms with Crippen molar-refractivity contribution in [1.82, 2.24) is 10.7 Å². The van der Waals surface area contributed by atoms with Gasteiger partial charge in [-0.1, -0.05) is 30.3 Å². The second-order valence-electron chi connectivity index (χ2n) is 10.2. The maximum absolute atomic E-state index is 13.8. The Balaban J connectivity index is 1.36. The standard InChI is InChI=1S/C35H38N4O8S/c1-4-46-29-16-12-28(13-17-29)39(48(42,43)31-18-19-32(44-2)33(22-31)45-3)24-34(40)38-37-23-27-10-14-30(15-11-27)47-25-35(41)36-21-20-26-8-6-5-7-9-26/h5-19,22-23H,4,20-21,24-25H2,1-3H3,(H,36,41)(H,38,40)/b37-23-. The molecule has 0 unspecified atom stereocenters. The third-order valence-electron chi connectivity index (χ3n) is 6.90. The Morgan fingerprint density at radius 1 is 0.812 bits per heavy atom. The molecule has 0 aliphatic rings. The number of hydrogen-bond acceptors (Lipinski definition) is 9. The SMILES string of the molecule is CCOc1ccc(N(CC(=O)N/N=C\c2ccc(OCC(=O)NCCc3ccccc3)cc2)S(=O)(=O)c2ccc(OC)c(OC)c2)cc1. The predicted octanol–water partition coefficient (Wildman–Crippen LogP) is 4.19. The van der Waals surface area contributed by atoms with Crippen LogP contribution in [0.1, 0.15) is 18.1 Å². The number of methoxy groups -OCH3 is 2. The van der Waals surface area contributed by atoms with Crippen molar-refractivity contribution in [1.29, 1.82) is 0 Å². The Labute approximate surface area is 280 Å². The van der Waals surface area contributed by atoms with Gasteiger partial charge in [0.25, 0.3) is 21.8 Å². The monoisotopic (exact) mass is 674 g/mol. The number of hydrogen-bond donors (Lipinski definition) is 2. The minimum atomic E-state index is -4.24. The van der Waals surface area contributed by atoms with Crippen molar-refractivity contribution < 1.29 is 37.0 Å². The van der Waals surface area contributed by atoms with E-state index in [1.165, 1.54) is 38.6 Å². The van der Waals surface area contributed by atoms with Crippen LogP contribution in [0.5, 0.6) is 23.0 Å². The van der Waals surface area contributed by atoms with Crippen LogP contribution in [-0.4, -0.2) is 67.0 Å². The summed E-state index contributed by atoms with van der Waals surface area (Å²) in [4.78, 5) is 25.0. The molecule has 0 heterocycles. The molecule has 0 fully saturated rings. The summed E-state index contributed by atoms with van der Waals surface area (Å²) in [5.41, 5.74) is 4.40. The zero-order chi connectivity index (χ0) is 34.4. The molecule has 0 aliphatic carbocycles. The largest absolute Gasteiger partial charge is 0.494 e. The molecule has 12 nitrogen and oxygen atoms in total. The highest BCUT2D eigenvalue weighted by molar-refractivity contribution is 7.92. The summed E-state index contributed by atoms with van der Waals surface area (Å²) in [7, 11) is -1.40. The summed E-state index contributed by atoms with van der Waals surface area (Å²) in [5, 5.41) is 6.81. The molecule has 0 aromatic heterocycles. The summed E-state index contributed by atoms with van der Waals surface area (Å²) in [6.07, 6.45) is 2.13. The Hall–Kier alpha value is -5.56. The van der Waals surface area contributed by atoms with Crippen LogP contribution in [0.4, 0.5) is 5.69 Å². The molecular weight excluding hydrogens is 636 g/mol. The van der Waals surface area contributed by atoms with Gasteiger partial charge < -0.3 is 24.3 Å². The molecule has 48 heavy (non-hydrogen) atoms. The van der Waals surface area contributed by atoms with Gasteiger partial charge in [-0.3, -0.25) is 13.9 Å². The Kier molecular flexibility index (Phi) is 12.8. The van der Waals surface area contributed by atoms with Crippen molar-refractivity contribution in [3.63, 3.8) is 0 Å². The fraction of sp³-hybridized carbons (Fsp3) is 0.229. The van der Waals surface area contributed by atoms with E-state index in [0.29, 0.717) is 36.0 Å². The van der Waals surface area contributed by atoms with Crippen molar-refractivity contribution in [2.45, 2.75) is 18.2 Å². The lowest BCUT2D eigenvalue weighted by Gasteiger charge is -2.24. The first kappa shape index (κ1) is 35.3. The first-order chi connectivity index (χ1) is 23.2. The number of nitrogens with zero attached hydrogens (tertiary/aromatic N) is 2. The Morgan fingerprint density at radius 3 is 2.15 bits per heavy atom. The average Bonchev–Trinajstić information content (AvgIpc) is 3.11. The maximum Gasteiger partial charge on any atom is 0.264 e. The van der Waals surface area contributed by atoms with Crippen LogP contribution in [0.2, 0.25) is 0 Å². The van der Waals surface area contributed by atoms with Crippen LogP contribution in [0.3, 0.4) is 0 Å². The third kappa shape index (κ3) is 9.97. The fourth-order valence-corrected chi connectivity index (χ4v) is 5.92. The predicted molar refractivity (Wildman–Crippen MR) is 183 cm³/mol. The minimum absolute atomic E-state index is 0.0997. The number of anilines is 1.